The van der Waals surface area contributed by atoms with E-state index in [2.05, 4.69) is 17.2 Å². The van der Waals surface area contributed by atoms with Crippen molar-refractivity contribution < 1.29 is 19.8 Å². The molecule has 6 heteroatoms. The van der Waals surface area contributed by atoms with E-state index in [4.69, 9.17) is 5.11 Å². The summed E-state index contributed by atoms with van der Waals surface area (Å²) in [5.41, 5.74) is 0.708. The lowest BCUT2D eigenvalue weighted by Gasteiger charge is -2.17. The fourth-order valence-corrected chi connectivity index (χ4v) is 1.80. The number of carboxylic acid groups (broad SMARTS) is 1. The van der Waals surface area contributed by atoms with Crippen LogP contribution in [0, 0.1) is 0 Å². The molecule has 2 amide bonds. The maximum Gasteiger partial charge on any atom is 0.326 e. The fraction of sp³-hybridized carbons (Fsp3) is 0.333. The van der Waals surface area contributed by atoms with Crippen LogP contribution >= 0.6 is 0 Å². The van der Waals surface area contributed by atoms with Gasteiger partial charge in [0.05, 0.1) is 0 Å². The highest BCUT2D eigenvalue weighted by atomic mass is 16.4. The summed E-state index contributed by atoms with van der Waals surface area (Å²) in [7, 11) is 0. The van der Waals surface area contributed by atoms with E-state index >= 15 is 0 Å². The average Bonchev–Trinajstić information content (AvgIpc) is 2.40. The van der Waals surface area contributed by atoms with Crippen LogP contribution in [0.4, 0.5) is 4.79 Å². The molecule has 0 aliphatic carbocycles. The number of urea groups is 1. The maximum atomic E-state index is 11.7. The first-order valence-electron chi connectivity index (χ1n) is 6.61. The Morgan fingerprint density at radius 2 is 1.90 bits per heavy atom. The van der Waals surface area contributed by atoms with Crippen LogP contribution in [0.3, 0.4) is 0 Å². The molecule has 0 fully saturated rings. The van der Waals surface area contributed by atoms with Gasteiger partial charge in [-0.2, -0.15) is 0 Å². The molecule has 0 saturated carbocycles. The van der Waals surface area contributed by atoms with Crippen molar-refractivity contribution in [2.45, 2.75) is 31.8 Å². The number of carboxylic acids is 1. The summed E-state index contributed by atoms with van der Waals surface area (Å²) in [5, 5.41) is 23.4. The van der Waals surface area contributed by atoms with Gasteiger partial charge in [-0.15, -0.1) is 6.58 Å². The van der Waals surface area contributed by atoms with Crippen molar-refractivity contribution in [1.82, 2.24) is 10.6 Å². The van der Waals surface area contributed by atoms with Crippen molar-refractivity contribution in [1.29, 1.82) is 0 Å². The zero-order valence-corrected chi connectivity index (χ0v) is 11.9. The van der Waals surface area contributed by atoms with Gasteiger partial charge in [0.2, 0.25) is 0 Å². The van der Waals surface area contributed by atoms with E-state index in [-0.39, 0.29) is 18.2 Å². The summed E-state index contributed by atoms with van der Waals surface area (Å²) in [6.07, 6.45) is 2.41. The monoisotopic (exact) mass is 292 g/mol. The van der Waals surface area contributed by atoms with Crippen LogP contribution in [-0.2, 0) is 11.2 Å². The summed E-state index contributed by atoms with van der Waals surface area (Å²) in [6.45, 7) is 5.38. The zero-order chi connectivity index (χ0) is 15.8. The molecule has 0 aliphatic heterocycles. The van der Waals surface area contributed by atoms with Crippen molar-refractivity contribution >= 4 is 12.0 Å². The summed E-state index contributed by atoms with van der Waals surface area (Å²) >= 11 is 0. The highest BCUT2D eigenvalue weighted by Gasteiger charge is 2.20. The molecule has 0 radical (unpaired) electrons. The molecule has 2 atom stereocenters. The second-order valence-corrected chi connectivity index (χ2v) is 4.80. The molecule has 114 valence electrons. The minimum atomic E-state index is -1.12. The number of carbonyl (C=O) groups excluding carboxylic acids is 1. The fourth-order valence-electron chi connectivity index (χ4n) is 1.80. The summed E-state index contributed by atoms with van der Waals surface area (Å²) in [6, 6.07) is 4.49. The lowest BCUT2D eigenvalue weighted by Crippen LogP contribution is -2.49. The van der Waals surface area contributed by atoms with Gasteiger partial charge in [-0.3, -0.25) is 0 Å². The predicted octanol–water partition coefficient (Wildman–Crippen LogP) is 1.65. The number of rotatable bonds is 7. The lowest BCUT2D eigenvalue weighted by atomic mass is 10.1. The molecule has 21 heavy (non-hydrogen) atoms. The van der Waals surface area contributed by atoms with Crippen LogP contribution in [0.5, 0.6) is 5.75 Å². The first-order valence-corrected chi connectivity index (χ1v) is 6.61. The second kappa shape index (κ2) is 7.94. The maximum absolute atomic E-state index is 11.7. The van der Waals surface area contributed by atoms with Gasteiger partial charge in [0.25, 0.3) is 0 Å². The van der Waals surface area contributed by atoms with Crippen LogP contribution in [-0.4, -0.2) is 34.3 Å². The second-order valence-electron chi connectivity index (χ2n) is 4.80. The van der Waals surface area contributed by atoms with Gasteiger partial charge in [0, 0.05) is 12.5 Å². The van der Waals surface area contributed by atoms with Gasteiger partial charge < -0.3 is 20.8 Å². The SMILES string of the molecule is C=CCC(C)NC(=O)N[C@@H](Cc1ccc(O)cc1)C(=O)O. The summed E-state index contributed by atoms with van der Waals surface area (Å²) in [5.74, 6) is -1.01. The Morgan fingerprint density at radius 3 is 2.43 bits per heavy atom. The molecular formula is C15H20N2O4. The first kappa shape index (κ1) is 16.6. The third-order valence-electron chi connectivity index (χ3n) is 2.88. The van der Waals surface area contributed by atoms with Gasteiger partial charge >= 0.3 is 12.0 Å². The van der Waals surface area contributed by atoms with E-state index in [9.17, 15) is 14.7 Å². The summed E-state index contributed by atoms with van der Waals surface area (Å²) in [4.78, 5) is 22.9. The number of aromatic hydroxyl groups is 1. The Balaban J connectivity index is 2.61. The Hall–Kier alpha value is -2.50. The number of phenolic OH excluding ortho intramolecular Hbond substituents is 1. The van der Waals surface area contributed by atoms with Crippen LogP contribution < -0.4 is 10.6 Å². The molecule has 1 rings (SSSR count). The third kappa shape index (κ3) is 5.99. The van der Waals surface area contributed by atoms with E-state index in [1.54, 1.807) is 25.1 Å². The van der Waals surface area contributed by atoms with E-state index in [0.29, 0.717) is 12.0 Å². The van der Waals surface area contributed by atoms with Crippen molar-refractivity contribution in [3.63, 3.8) is 0 Å². The molecule has 0 saturated heterocycles. The Bertz CT molecular complexity index is 499. The van der Waals surface area contributed by atoms with E-state index in [1.807, 2.05) is 0 Å². The number of phenols is 1. The number of hydrogen-bond acceptors (Lipinski definition) is 3. The molecule has 1 unspecified atom stereocenters. The third-order valence-corrected chi connectivity index (χ3v) is 2.88. The number of hydrogen-bond donors (Lipinski definition) is 4. The molecule has 4 N–H and O–H groups in total. The van der Waals surface area contributed by atoms with Crippen LogP contribution in [0.2, 0.25) is 0 Å². The summed E-state index contributed by atoms with van der Waals surface area (Å²) < 4.78 is 0. The van der Waals surface area contributed by atoms with Gasteiger partial charge in [0.15, 0.2) is 0 Å². The Morgan fingerprint density at radius 1 is 1.29 bits per heavy atom. The molecule has 0 spiro atoms. The standard InChI is InChI=1S/C15H20N2O4/c1-3-4-10(2)16-15(21)17-13(14(19)20)9-11-5-7-12(18)8-6-11/h3,5-8,10,13,18H,1,4,9H2,2H3,(H,19,20)(H2,16,17,21)/t10?,13-/m0/s1. The smallest absolute Gasteiger partial charge is 0.326 e. The van der Waals surface area contributed by atoms with E-state index in [0.717, 1.165) is 0 Å². The highest BCUT2D eigenvalue weighted by Crippen LogP contribution is 2.11. The van der Waals surface area contributed by atoms with Crippen molar-refractivity contribution in [3.8, 4) is 5.75 Å². The number of benzene rings is 1. The van der Waals surface area contributed by atoms with Gasteiger partial charge in [-0.05, 0) is 31.0 Å². The lowest BCUT2D eigenvalue weighted by molar-refractivity contribution is -0.139. The first-order chi connectivity index (χ1) is 9.92. The quantitative estimate of drug-likeness (QED) is 0.574. The van der Waals surface area contributed by atoms with Gasteiger partial charge in [-0.1, -0.05) is 18.2 Å². The minimum Gasteiger partial charge on any atom is -0.508 e. The van der Waals surface area contributed by atoms with Crippen LogP contribution in [0.15, 0.2) is 36.9 Å². The van der Waals surface area contributed by atoms with E-state index in [1.165, 1.54) is 12.1 Å². The predicted molar refractivity (Wildman–Crippen MR) is 79.2 cm³/mol. The molecular weight excluding hydrogens is 272 g/mol. The zero-order valence-electron chi connectivity index (χ0n) is 11.9. The number of carbonyl (C=O) groups is 2. The molecule has 1 aromatic rings. The van der Waals surface area contributed by atoms with Crippen LogP contribution in [0.1, 0.15) is 18.9 Å². The number of aliphatic carboxylic acids is 1. The van der Waals surface area contributed by atoms with Crippen LogP contribution in [0.25, 0.3) is 0 Å². The van der Waals surface area contributed by atoms with Crippen molar-refractivity contribution in [2.75, 3.05) is 0 Å². The molecule has 1 aromatic carbocycles. The average molecular weight is 292 g/mol. The van der Waals surface area contributed by atoms with Crippen molar-refractivity contribution in [3.05, 3.63) is 42.5 Å². The molecule has 6 nitrogen and oxygen atoms in total. The molecule has 0 aromatic heterocycles. The molecule has 0 aliphatic rings. The van der Waals surface area contributed by atoms with Gasteiger partial charge in [-0.25, -0.2) is 9.59 Å². The molecule has 0 heterocycles. The number of nitrogens with one attached hydrogen (secondary N) is 2. The normalized spacial score (nSPS) is 13.0. The Kier molecular flexibility index (Phi) is 6.26. The van der Waals surface area contributed by atoms with E-state index < -0.39 is 18.0 Å². The van der Waals surface area contributed by atoms with Gasteiger partial charge in [0.1, 0.15) is 11.8 Å². The highest BCUT2D eigenvalue weighted by molar-refractivity contribution is 5.82. The largest absolute Gasteiger partial charge is 0.508 e. The van der Waals surface area contributed by atoms with Crippen molar-refractivity contribution in [2.24, 2.45) is 0 Å². The minimum absolute atomic E-state index is 0.106. The topological polar surface area (TPSA) is 98.7 Å². The number of amides is 2. The molecule has 0 bridgehead atoms. The Labute approximate surface area is 123 Å².